The first kappa shape index (κ1) is 16.8. The smallest absolute Gasteiger partial charge is 0.322 e. The second-order valence-electron chi connectivity index (χ2n) is 6.41. The predicted molar refractivity (Wildman–Crippen MR) is 93.9 cm³/mol. The van der Waals surface area contributed by atoms with Crippen molar-refractivity contribution in [2.24, 2.45) is 0 Å². The van der Waals surface area contributed by atoms with Crippen molar-refractivity contribution < 1.29 is 9.59 Å². The first-order valence-electron chi connectivity index (χ1n) is 8.83. The van der Waals surface area contributed by atoms with Crippen LogP contribution >= 0.6 is 0 Å². The van der Waals surface area contributed by atoms with Gasteiger partial charge in [-0.25, -0.2) is 4.79 Å². The predicted octanol–water partition coefficient (Wildman–Crippen LogP) is 1.85. The Bertz CT molecular complexity index is 570. The topological polar surface area (TPSA) is 55.9 Å². The SMILES string of the molecule is CCN1CCN(C(=O)C2CCCN2C(=O)Nc2ccccc2)CC1. The van der Waals surface area contributed by atoms with Gasteiger partial charge in [-0.3, -0.25) is 4.79 Å². The molecule has 2 saturated heterocycles. The van der Waals surface area contributed by atoms with E-state index in [4.69, 9.17) is 0 Å². The number of carbonyl (C=O) groups excluding carboxylic acids is 2. The fourth-order valence-electron chi connectivity index (χ4n) is 3.48. The van der Waals surface area contributed by atoms with Gasteiger partial charge in [0.05, 0.1) is 0 Å². The summed E-state index contributed by atoms with van der Waals surface area (Å²) in [7, 11) is 0. The number of likely N-dealkylation sites (tertiary alicyclic amines) is 1. The Morgan fingerprint density at radius 3 is 2.46 bits per heavy atom. The average molecular weight is 330 g/mol. The molecule has 6 nitrogen and oxygen atoms in total. The van der Waals surface area contributed by atoms with Crippen molar-refractivity contribution in [1.82, 2.24) is 14.7 Å². The maximum Gasteiger partial charge on any atom is 0.322 e. The van der Waals surface area contributed by atoms with Crippen LogP contribution < -0.4 is 5.32 Å². The fourth-order valence-corrected chi connectivity index (χ4v) is 3.48. The van der Waals surface area contributed by atoms with Crippen molar-refractivity contribution in [3.05, 3.63) is 30.3 Å². The lowest BCUT2D eigenvalue weighted by molar-refractivity contribution is -0.136. The van der Waals surface area contributed by atoms with Gasteiger partial charge in [-0.1, -0.05) is 25.1 Å². The molecule has 2 heterocycles. The molecule has 1 unspecified atom stereocenters. The molecule has 0 spiro atoms. The standard InChI is InChI=1S/C18H26N4O2/c1-2-20-11-13-21(14-12-20)17(23)16-9-6-10-22(16)18(24)19-15-7-4-3-5-8-15/h3-5,7-8,16H,2,6,9-14H2,1H3,(H,19,24). The Balaban J connectivity index is 1.60. The minimum absolute atomic E-state index is 0.103. The van der Waals surface area contributed by atoms with E-state index in [0.29, 0.717) is 6.54 Å². The van der Waals surface area contributed by atoms with Crippen LogP contribution in [0.25, 0.3) is 0 Å². The summed E-state index contributed by atoms with van der Waals surface area (Å²) < 4.78 is 0. The first-order chi connectivity index (χ1) is 11.7. The lowest BCUT2D eigenvalue weighted by Crippen LogP contribution is -2.54. The summed E-state index contributed by atoms with van der Waals surface area (Å²) in [6, 6.07) is 8.90. The highest BCUT2D eigenvalue weighted by molar-refractivity contribution is 5.94. The molecule has 130 valence electrons. The van der Waals surface area contributed by atoms with Crippen molar-refractivity contribution in [3.63, 3.8) is 0 Å². The quantitative estimate of drug-likeness (QED) is 0.920. The van der Waals surface area contributed by atoms with E-state index >= 15 is 0 Å². The number of hydrogen-bond donors (Lipinski definition) is 1. The van der Waals surface area contributed by atoms with E-state index in [1.54, 1.807) is 4.90 Å². The molecule has 0 radical (unpaired) electrons. The number of benzene rings is 1. The molecule has 0 bridgehead atoms. The number of likely N-dealkylation sites (N-methyl/N-ethyl adjacent to an activating group) is 1. The molecule has 2 aliphatic rings. The van der Waals surface area contributed by atoms with Crippen LogP contribution in [0.4, 0.5) is 10.5 Å². The summed E-state index contributed by atoms with van der Waals surface area (Å²) >= 11 is 0. The number of rotatable bonds is 3. The van der Waals surface area contributed by atoms with Crippen LogP contribution in [0.5, 0.6) is 0 Å². The number of hydrogen-bond acceptors (Lipinski definition) is 3. The number of nitrogens with zero attached hydrogens (tertiary/aromatic N) is 3. The molecule has 1 aromatic rings. The lowest BCUT2D eigenvalue weighted by atomic mass is 10.1. The molecule has 0 aliphatic carbocycles. The van der Waals surface area contributed by atoms with E-state index in [9.17, 15) is 9.59 Å². The summed E-state index contributed by atoms with van der Waals surface area (Å²) in [5, 5.41) is 2.90. The molecule has 1 aromatic carbocycles. The third kappa shape index (κ3) is 3.70. The number of carbonyl (C=O) groups is 2. The van der Waals surface area contributed by atoms with Gasteiger partial charge >= 0.3 is 6.03 Å². The molecule has 0 aromatic heterocycles. The van der Waals surface area contributed by atoms with Gasteiger partial charge < -0.3 is 20.0 Å². The fraction of sp³-hybridized carbons (Fsp3) is 0.556. The molecule has 1 N–H and O–H groups in total. The third-order valence-corrected chi connectivity index (χ3v) is 4.95. The van der Waals surface area contributed by atoms with Gasteiger partial charge in [-0.05, 0) is 31.5 Å². The Morgan fingerprint density at radius 1 is 1.08 bits per heavy atom. The van der Waals surface area contributed by atoms with E-state index in [2.05, 4.69) is 17.1 Å². The van der Waals surface area contributed by atoms with Gasteiger partial charge in [0.2, 0.25) is 5.91 Å². The molecule has 2 fully saturated rings. The summed E-state index contributed by atoms with van der Waals surface area (Å²) in [4.78, 5) is 31.4. The molecule has 1 atom stereocenters. The highest BCUT2D eigenvalue weighted by Crippen LogP contribution is 2.21. The summed E-state index contributed by atoms with van der Waals surface area (Å²) in [5.74, 6) is 0.103. The van der Waals surface area contributed by atoms with Gasteiger partial charge in [-0.15, -0.1) is 0 Å². The van der Waals surface area contributed by atoms with Crippen molar-refractivity contribution in [2.45, 2.75) is 25.8 Å². The van der Waals surface area contributed by atoms with Gasteiger partial charge in [0, 0.05) is 38.4 Å². The number of urea groups is 1. The molecule has 2 aliphatic heterocycles. The van der Waals surface area contributed by atoms with Crippen LogP contribution in [0.1, 0.15) is 19.8 Å². The van der Waals surface area contributed by atoms with E-state index in [1.165, 1.54) is 0 Å². The second-order valence-corrected chi connectivity index (χ2v) is 6.41. The van der Waals surface area contributed by atoms with Gasteiger partial charge in [0.25, 0.3) is 0 Å². The van der Waals surface area contributed by atoms with Crippen LogP contribution in [0.3, 0.4) is 0 Å². The Hall–Kier alpha value is -2.08. The zero-order valence-electron chi connectivity index (χ0n) is 14.3. The maximum absolute atomic E-state index is 12.8. The minimum Gasteiger partial charge on any atom is -0.338 e. The Kier molecular flexibility index (Phi) is 5.35. The third-order valence-electron chi connectivity index (χ3n) is 4.95. The molecular weight excluding hydrogens is 304 g/mol. The summed E-state index contributed by atoms with van der Waals surface area (Å²) in [6.07, 6.45) is 1.64. The molecule has 0 saturated carbocycles. The number of piperazine rings is 1. The summed E-state index contributed by atoms with van der Waals surface area (Å²) in [5.41, 5.74) is 0.761. The average Bonchev–Trinajstić information content (AvgIpc) is 3.12. The van der Waals surface area contributed by atoms with Crippen LogP contribution in [-0.4, -0.2) is 71.9 Å². The van der Waals surface area contributed by atoms with Crippen molar-refractivity contribution in [2.75, 3.05) is 44.6 Å². The van der Waals surface area contributed by atoms with E-state index < -0.39 is 0 Å². The number of anilines is 1. The highest BCUT2D eigenvalue weighted by Gasteiger charge is 2.37. The number of amides is 3. The Labute approximate surface area is 143 Å². The summed E-state index contributed by atoms with van der Waals surface area (Å²) in [6.45, 7) is 7.18. The van der Waals surface area contributed by atoms with Crippen LogP contribution in [0, 0.1) is 0 Å². The van der Waals surface area contributed by atoms with Gasteiger partial charge in [0.15, 0.2) is 0 Å². The number of para-hydroxylation sites is 1. The normalized spacial score (nSPS) is 21.8. The van der Waals surface area contributed by atoms with E-state index in [-0.39, 0.29) is 18.0 Å². The zero-order chi connectivity index (χ0) is 16.9. The highest BCUT2D eigenvalue weighted by atomic mass is 16.2. The van der Waals surface area contributed by atoms with Gasteiger partial charge in [0.1, 0.15) is 6.04 Å². The van der Waals surface area contributed by atoms with Crippen LogP contribution in [0.2, 0.25) is 0 Å². The molecule has 6 heteroatoms. The number of nitrogens with one attached hydrogen (secondary N) is 1. The second kappa shape index (κ2) is 7.66. The monoisotopic (exact) mass is 330 g/mol. The van der Waals surface area contributed by atoms with Crippen molar-refractivity contribution in [1.29, 1.82) is 0 Å². The first-order valence-corrected chi connectivity index (χ1v) is 8.83. The van der Waals surface area contributed by atoms with Crippen LogP contribution in [0.15, 0.2) is 30.3 Å². The molecule has 24 heavy (non-hydrogen) atoms. The van der Waals surface area contributed by atoms with Gasteiger partial charge in [-0.2, -0.15) is 0 Å². The zero-order valence-corrected chi connectivity index (χ0v) is 14.3. The van der Waals surface area contributed by atoms with E-state index in [0.717, 1.165) is 51.3 Å². The molecule has 3 amide bonds. The minimum atomic E-state index is -0.318. The largest absolute Gasteiger partial charge is 0.338 e. The van der Waals surface area contributed by atoms with Crippen LogP contribution in [-0.2, 0) is 4.79 Å². The van der Waals surface area contributed by atoms with Crippen molar-refractivity contribution in [3.8, 4) is 0 Å². The van der Waals surface area contributed by atoms with E-state index in [1.807, 2.05) is 35.2 Å². The lowest BCUT2D eigenvalue weighted by Gasteiger charge is -2.36. The molecular formula is C18H26N4O2. The maximum atomic E-state index is 12.8. The Morgan fingerprint density at radius 2 is 1.79 bits per heavy atom. The molecule has 3 rings (SSSR count). The van der Waals surface area contributed by atoms with Crippen molar-refractivity contribution >= 4 is 17.6 Å².